The summed E-state index contributed by atoms with van der Waals surface area (Å²) in [6, 6.07) is 14.9. The van der Waals surface area contributed by atoms with Gasteiger partial charge in [0.25, 0.3) is 5.91 Å². The zero-order valence-corrected chi connectivity index (χ0v) is 15.6. The summed E-state index contributed by atoms with van der Waals surface area (Å²) in [5.41, 5.74) is 2.55. The molecule has 3 rings (SSSR count). The number of carbonyl (C=O) groups excluding carboxylic acids is 1. The second-order valence-corrected chi connectivity index (χ2v) is 8.19. The van der Waals surface area contributed by atoms with Crippen molar-refractivity contribution in [1.29, 1.82) is 0 Å². The van der Waals surface area contributed by atoms with E-state index in [1.54, 1.807) is 23.1 Å². The number of rotatable bonds is 4. The van der Waals surface area contributed by atoms with E-state index in [1.807, 2.05) is 37.3 Å². The molecule has 1 aliphatic heterocycles. The van der Waals surface area contributed by atoms with Crippen LogP contribution >= 0.6 is 0 Å². The van der Waals surface area contributed by atoms with Crippen LogP contribution in [-0.2, 0) is 14.8 Å². The number of hydrogen-bond donors (Lipinski definition) is 1. The molecule has 6 nitrogen and oxygen atoms in total. The Morgan fingerprint density at radius 2 is 1.92 bits per heavy atom. The Hall–Kier alpha value is -2.38. The summed E-state index contributed by atoms with van der Waals surface area (Å²) < 4.78 is 31.5. The number of anilines is 1. The molecule has 0 radical (unpaired) electrons. The third-order valence-corrected chi connectivity index (χ3v) is 4.82. The van der Waals surface area contributed by atoms with Gasteiger partial charge in [-0.25, -0.2) is 8.42 Å². The molecule has 1 fully saturated rings. The minimum absolute atomic E-state index is 0.190. The van der Waals surface area contributed by atoms with E-state index < -0.39 is 10.0 Å². The number of nitrogens with zero attached hydrogens (tertiary/aromatic N) is 1. The van der Waals surface area contributed by atoms with E-state index >= 15 is 0 Å². The standard InChI is InChI=1S/C19H22N2O4S/c1-14-8-9-17(20-26(2,23)24)16(12-14)19(22)21-10-11-25-18(13-21)15-6-4-3-5-7-15/h3-9,12,18,20H,10-11,13H2,1-2H3/t18-/m1/s1. The fourth-order valence-electron chi connectivity index (χ4n) is 3.00. The molecule has 0 bridgehead atoms. The Balaban J connectivity index is 1.86. The van der Waals surface area contributed by atoms with Crippen LogP contribution in [0.15, 0.2) is 48.5 Å². The summed E-state index contributed by atoms with van der Waals surface area (Å²) >= 11 is 0. The van der Waals surface area contributed by atoms with Gasteiger partial charge >= 0.3 is 0 Å². The van der Waals surface area contributed by atoms with Gasteiger partial charge in [-0.1, -0.05) is 42.0 Å². The first-order chi connectivity index (χ1) is 12.3. The summed E-state index contributed by atoms with van der Waals surface area (Å²) in [5.74, 6) is -0.205. The van der Waals surface area contributed by atoms with Crippen LogP contribution in [0.25, 0.3) is 0 Å². The molecule has 1 amide bonds. The van der Waals surface area contributed by atoms with Crippen molar-refractivity contribution in [2.75, 3.05) is 30.7 Å². The fraction of sp³-hybridized carbons (Fsp3) is 0.316. The number of benzene rings is 2. The van der Waals surface area contributed by atoms with Gasteiger partial charge in [-0.05, 0) is 24.6 Å². The van der Waals surface area contributed by atoms with Crippen molar-refractivity contribution in [2.45, 2.75) is 13.0 Å². The van der Waals surface area contributed by atoms with E-state index in [9.17, 15) is 13.2 Å². The number of nitrogens with one attached hydrogen (secondary N) is 1. The van der Waals surface area contributed by atoms with Gasteiger partial charge in [-0.3, -0.25) is 9.52 Å². The summed E-state index contributed by atoms with van der Waals surface area (Å²) in [7, 11) is -3.48. The maximum atomic E-state index is 13.1. The summed E-state index contributed by atoms with van der Waals surface area (Å²) in [6.45, 7) is 3.20. The number of aryl methyl sites for hydroxylation is 1. The molecule has 2 aromatic rings. The molecule has 1 saturated heterocycles. The highest BCUT2D eigenvalue weighted by atomic mass is 32.2. The van der Waals surface area contributed by atoms with E-state index in [4.69, 9.17) is 4.74 Å². The van der Waals surface area contributed by atoms with E-state index in [2.05, 4.69) is 4.72 Å². The van der Waals surface area contributed by atoms with Crippen molar-refractivity contribution in [3.63, 3.8) is 0 Å². The lowest BCUT2D eigenvalue weighted by Gasteiger charge is -2.33. The zero-order chi connectivity index (χ0) is 18.7. The van der Waals surface area contributed by atoms with Crippen LogP contribution in [0.5, 0.6) is 0 Å². The number of sulfonamides is 1. The SMILES string of the molecule is Cc1ccc(NS(C)(=O)=O)c(C(=O)N2CCO[C@@H](c3ccccc3)C2)c1. The Labute approximate surface area is 153 Å². The van der Waals surface area contributed by atoms with Gasteiger partial charge in [0.2, 0.25) is 10.0 Å². The zero-order valence-electron chi connectivity index (χ0n) is 14.8. The van der Waals surface area contributed by atoms with Crippen molar-refractivity contribution in [1.82, 2.24) is 4.90 Å². The van der Waals surface area contributed by atoms with Gasteiger partial charge in [0.05, 0.1) is 30.7 Å². The molecule has 7 heteroatoms. The normalized spacial score (nSPS) is 17.8. The first-order valence-electron chi connectivity index (χ1n) is 8.38. The first kappa shape index (κ1) is 18.4. The van der Waals surface area contributed by atoms with Crippen LogP contribution in [0.1, 0.15) is 27.6 Å². The monoisotopic (exact) mass is 374 g/mol. The van der Waals surface area contributed by atoms with Crippen molar-refractivity contribution in [2.24, 2.45) is 0 Å². The lowest BCUT2D eigenvalue weighted by Crippen LogP contribution is -2.42. The Morgan fingerprint density at radius 3 is 2.62 bits per heavy atom. The van der Waals surface area contributed by atoms with E-state index in [-0.39, 0.29) is 12.0 Å². The average Bonchev–Trinajstić information content (AvgIpc) is 2.62. The minimum Gasteiger partial charge on any atom is -0.370 e. The van der Waals surface area contributed by atoms with Crippen LogP contribution in [-0.4, -0.2) is 45.2 Å². The Kier molecular flexibility index (Phi) is 5.29. The Morgan fingerprint density at radius 1 is 1.19 bits per heavy atom. The minimum atomic E-state index is -3.48. The predicted octanol–water partition coefficient (Wildman–Crippen LogP) is 2.58. The van der Waals surface area contributed by atoms with E-state index in [0.29, 0.717) is 30.9 Å². The molecule has 0 saturated carbocycles. The van der Waals surface area contributed by atoms with Gasteiger partial charge in [0.1, 0.15) is 6.10 Å². The largest absolute Gasteiger partial charge is 0.370 e. The van der Waals surface area contributed by atoms with Crippen molar-refractivity contribution < 1.29 is 17.9 Å². The highest BCUT2D eigenvalue weighted by molar-refractivity contribution is 7.92. The average molecular weight is 374 g/mol. The Bertz CT molecular complexity index is 897. The van der Waals surface area contributed by atoms with Gasteiger partial charge in [0.15, 0.2) is 0 Å². The number of amides is 1. The highest BCUT2D eigenvalue weighted by Gasteiger charge is 2.27. The van der Waals surface area contributed by atoms with Gasteiger partial charge in [0, 0.05) is 6.54 Å². The molecule has 0 aliphatic carbocycles. The topological polar surface area (TPSA) is 75.7 Å². The smallest absolute Gasteiger partial charge is 0.256 e. The quantitative estimate of drug-likeness (QED) is 0.892. The number of carbonyl (C=O) groups is 1. The highest BCUT2D eigenvalue weighted by Crippen LogP contribution is 2.26. The maximum Gasteiger partial charge on any atom is 0.256 e. The van der Waals surface area contributed by atoms with Crippen LogP contribution < -0.4 is 4.72 Å². The number of ether oxygens (including phenoxy) is 1. The molecule has 26 heavy (non-hydrogen) atoms. The molecule has 138 valence electrons. The van der Waals surface area contributed by atoms with Crippen molar-refractivity contribution in [3.8, 4) is 0 Å². The summed E-state index contributed by atoms with van der Waals surface area (Å²) in [5, 5.41) is 0. The molecular weight excluding hydrogens is 352 g/mol. The van der Waals surface area contributed by atoms with Crippen LogP contribution in [0.3, 0.4) is 0 Å². The van der Waals surface area contributed by atoms with Crippen molar-refractivity contribution in [3.05, 3.63) is 65.2 Å². The predicted molar refractivity (Wildman–Crippen MR) is 101 cm³/mol. The third-order valence-electron chi connectivity index (χ3n) is 4.23. The molecule has 2 aromatic carbocycles. The molecule has 0 unspecified atom stereocenters. The summed E-state index contributed by atoms with van der Waals surface area (Å²) in [6.07, 6.45) is 0.881. The van der Waals surface area contributed by atoms with E-state index in [0.717, 1.165) is 17.4 Å². The van der Waals surface area contributed by atoms with Gasteiger partial charge in [-0.2, -0.15) is 0 Å². The maximum absolute atomic E-state index is 13.1. The first-order valence-corrected chi connectivity index (χ1v) is 10.3. The van der Waals surface area contributed by atoms with Crippen LogP contribution in [0.4, 0.5) is 5.69 Å². The molecule has 1 N–H and O–H groups in total. The second-order valence-electron chi connectivity index (χ2n) is 6.44. The molecule has 0 spiro atoms. The number of hydrogen-bond acceptors (Lipinski definition) is 4. The molecule has 1 atom stereocenters. The lowest BCUT2D eigenvalue weighted by atomic mass is 10.1. The number of morpholine rings is 1. The lowest BCUT2D eigenvalue weighted by molar-refractivity contribution is -0.0227. The fourth-order valence-corrected chi connectivity index (χ4v) is 3.57. The van der Waals surface area contributed by atoms with Crippen LogP contribution in [0.2, 0.25) is 0 Å². The third kappa shape index (κ3) is 4.42. The van der Waals surface area contributed by atoms with E-state index in [1.165, 1.54) is 0 Å². The molecule has 1 aliphatic rings. The van der Waals surface area contributed by atoms with Crippen LogP contribution in [0, 0.1) is 6.92 Å². The summed E-state index contributed by atoms with van der Waals surface area (Å²) in [4.78, 5) is 14.8. The van der Waals surface area contributed by atoms with Gasteiger partial charge in [-0.15, -0.1) is 0 Å². The molecule has 1 heterocycles. The van der Waals surface area contributed by atoms with Gasteiger partial charge < -0.3 is 9.64 Å². The second kappa shape index (κ2) is 7.47. The molecule has 0 aromatic heterocycles. The molecular formula is C19H22N2O4S. The van der Waals surface area contributed by atoms with Crippen molar-refractivity contribution >= 4 is 21.6 Å².